The van der Waals surface area contributed by atoms with Gasteiger partial charge < -0.3 is 0 Å². The van der Waals surface area contributed by atoms with Crippen LogP contribution < -0.4 is 0 Å². The van der Waals surface area contributed by atoms with Crippen molar-refractivity contribution >= 4 is 34.4 Å². The standard InChI is InChI=1S/C20H20N4S3/c1-13(2)24-18(17-5-4-10-25-17)22-23-20(24)27-12-16-11-26-19(21-16)15-8-6-14(3)7-9-15/h4-11,13H,12H2,1-3H3. The molecule has 0 N–H and O–H groups in total. The number of hydrogen-bond donors (Lipinski definition) is 0. The molecule has 0 amide bonds. The minimum absolute atomic E-state index is 0.304. The van der Waals surface area contributed by atoms with Gasteiger partial charge in [-0.2, -0.15) is 0 Å². The first-order valence-corrected chi connectivity index (χ1v) is 11.5. The number of benzene rings is 1. The van der Waals surface area contributed by atoms with Crippen LogP contribution in [0.25, 0.3) is 21.3 Å². The summed E-state index contributed by atoms with van der Waals surface area (Å²) in [5, 5.41) is 15.1. The molecular weight excluding hydrogens is 392 g/mol. The quantitative estimate of drug-likeness (QED) is 0.348. The second kappa shape index (κ2) is 7.96. The minimum Gasteiger partial charge on any atom is -0.299 e. The van der Waals surface area contributed by atoms with Crippen LogP contribution in [0, 0.1) is 6.92 Å². The van der Waals surface area contributed by atoms with Crippen LogP contribution in [0.3, 0.4) is 0 Å². The van der Waals surface area contributed by atoms with Gasteiger partial charge in [0.05, 0.1) is 10.6 Å². The molecule has 0 radical (unpaired) electrons. The fraction of sp³-hybridized carbons (Fsp3) is 0.250. The molecule has 4 rings (SSSR count). The van der Waals surface area contributed by atoms with Gasteiger partial charge in [-0.15, -0.1) is 32.9 Å². The zero-order valence-electron chi connectivity index (χ0n) is 15.4. The summed E-state index contributed by atoms with van der Waals surface area (Å²) in [6.45, 7) is 6.44. The molecule has 4 aromatic rings. The van der Waals surface area contributed by atoms with Gasteiger partial charge in [0, 0.05) is 22.7 Å². The highest BCUT2D eigenvalue weighted by molar-refractivity contribution is 7.98. The van der Waals surface area contributed by atoms with Gasteiger partial charge >= 0.3 is 0 Å². The number of aryl methyl sites for hydroxylation is 1. The molecule has 0 saturated heterocycles. The molecule has 7 heteroatoms. The molecular formula is C20H20N4S3. The van der Waals surface area contributed by atoms with Crippen molar-refractivity contribution in [2.75, 3.05) is 0 Å². The van der Waals surface area contributed by atoms with Crippen molar-refractivity contribution in [2.24, 2.45) is 0 Å². The Kier molecular flexibility index (Phi) is 5.43. The lowest BCUT2D eigenvalue weighted by Gasteiger charge is -2.12. The lowest BCUT2D eigenvalue weighted by molar-refractivity contribution is 0.555. The number of hydrogen-bond acceptors (Lipinski definition) is 6. The van der Waals surface area contributed by atoms with Crippen LogP contribution in [0.4, 0.5) is 0 Å². The Balaban J connectivity index is 1.52. The predicted molar refractivity (Wildman–Crippen MR) is 116 cm³/mol. The number of rotatable bonds is 6. The maximum Gasteiger partial charge on any atom is 0.192 e. The molecule has 3 heterocycles. The van der Waals surface area contributed by atoms with Gasteiger partial charge in [-0.3, -0.25) is 4.57 Å². The number of thiophene rings is 1. The van der Waals surface area contributed by atoms with Crippen molar-refractivity contribution in [2.45, 2.75) is 37.7 Å². The highest BCUT2D eigenvalue weighted by Crippen LogP contribution is 2.32. The third kappa shape index (κ3) is 4.00. The molecule has 0 saturated carbocycles. The largest absolute Gasteiger partial charge is 0.299 e. The molecule has 0 aliphatic heterocycles. The summed E-state index contributed by atoms with van der Waals surface area (Å²) in [7, 11) is 0. The number of thiazole rings is 1. The van der Waals surface area contributed by atoms with Crippen LogP contribution in [-0.4, -0.2) is 19.7 Å². The van der Waals surface area contributed by atoms with E-state index in [1.165, 1.54) is 11.1 Å². The molecule has 0 aliphatic rings. The Hall–Kier alpha value is -1.96. The van der Waals surface area contributed by atoms with Gasteiger partial charge in [0.15, 0.2) is 11.0 Å². The van der Waals surface area contributed by atoms with E-state index in [1.807, 2.05) is 6.07 Å². The average molecular weight is 413 g/mol. The summed E-state index contributed by atoms with van der Waals surface area (Å²) in [5.74, 6) is 1.73. The van der Waals surface area contributed by atoms with E-state index in [9.17, 15) is 0 Å². The van der Waals surface area contributed by atoms with Crippen LogP contribution >= 0.6 is 34.4 Å². The van der Waals surface area contributed by atoms with Gasteiger partial charge in [0.1, 0.15) is 5.01 Å². The molecule has 3 aromatic heterocycles. The van der Waals surface area contributed by atoms with Crippen molar-refractivity contribution in [3.05, 3.63) is 58.4 Å². The summed E-state index contributed by atoms with van der Waals surface area (Å²) in [4.78, 5) is 5.95. The maximum absolute atomic E-state index is 4.80. The monoisotopic (exact) mass is 412 g/mol. The second-order valence-corrected chi connectivity index (χ2v) is 9.29. The number of thioether (sulfide) groups is 1. The van der Waals surface area contributed by atoms with E-state index in [-0.39, 0.29) is 0 Å². The fourth-order valence-electron chi connectivity index (χ4n) is 2.76. The van der Waals surface area contributed by atoms with E-state index < -0.39 is 0 Å². The molecule has 0 aliphatic carbocycles. The Bertz CT molecular complexity index is 1010. The molecule has 138 valence electrons. The third-order valence-corrected chi connectivity index (χ3v) is 6.90. The van der Waals surface area contributed by atoms with Crippen molar-refractivity contribution in [3.8, 4) is 21.3 Å². The highest BCUT2D eigenvalue weighted by Gasteiger charge is 2.18. The lowest BCUT2D eigenvalue weighted by atomic mass is 10.2. The second-order valence-electron chi connectivity index (χ2n) is 6.55. The molecule has 1 aromatic carbocycles. The normalized spacial score (nSPS) is 11.4. The summed E-state index contributed by atoms with van der Waals surface area (Å²) >= 11 is 5.08. The molecule has 0 fully saturated rings. The zero-order valence-corrected chi connectivity index (χ0v) is 17.9. The van der Waals surface area contributed by atoms with Crippen molar-refractivity contribution in [1.82, 2.24) is 19.7 Å². The summed E-state index contributed by atoms with van der Waals surface area (Å²) in [6, 6.07) is 13.0. The highest BCUT2D eigenvalue weighted by atomic mass is 32.2. The molecule has 0 spiro atoms. The van der Waals surface area contributed by atoms with Gasteiger partial charge in [0.25, 0.3) is 0 Å². The fourth-order valence-corrected chi connectivity index (χ4v) is 5.35. The van der Waals surface area contributed by atoms with Crippen molar-refractivity contribution < 1.29 is 0 Å². The van der Waals surface area contributed by atoms with E-state index in [2.05, 4.69) is 76.6 Å². The van der Waals surface area contributed by atoms with Crippen LogP contribution in [0.1, 0.15) is 31.1 Å². The molecule has 27 heavy (non-hydrogen) atoms. The lowest BCUT2D eigenvalue weighted by Crippen LogP contribution is -2.04. The smallest absolute Gasteiger partial charge is 0.192 e. The first-order chi connectivity index (χ1) is 13.1. The predicted octanol–water partition coefficient (Wildman–Crippen LogP) is 6.31. The molecule has 0 atom stereocenters. The van der Waals surface area contributed by atoms with Gasteiger partial charge in [-0.05, 0) is 32.2 Å². The molecule has 4 nitrogen and oxygen atoms in total. The third-order valence-electron chi connectivity index (χ3n) is 4.12. The van der Waals surface area contributed by atoms with Crippen LogP contribution in [-0.2, 0) is 5.75 Å². The number of aromatic nitrogens is 4. The average Bonchev–Trinajstić information content (AvgIpc) is 3.40. The first-order valence-electron chi connectivity index (χ1n) is 8.75. The van der Waals surface area contributed by atoms with E-state index >= 15 is 0 Å². The Labute approximate surface area is 171 Å². The van der Waals surface area contributed by atoms with Crippen molar-refractivity contribution in [1.29, 1.82) is 0 Å². The van der Waals surface area contributed by atoms with E-state index in [0.717, 1.165) is 32.3 Å². The van der Waals surface area contributed by atoms with E-state index in [1.54, 1.807) is 34.4 Å². The number of nitrogens with zero attached hydrogens (tertiary/aromatic N) is 4. The SMILES string of the molecule is Cc1ccc(-c2nc(CSc3nnc(-c4cccs4)n3C(C)C)cs2)cc1. The topological polar surface area (TPSA) is 43.6 Å². The summed E-state index contributed by atoms with van der Waals surface area (Å²) in [6.07, 6.45) is 0. The van der Waals surface area contributed by atoms with Crippen molar-refractivity contribution in [3.63, 3.8) is 0 Å². The molecule has 0 unspecified atom stereocenters. The van der Waals surface area contributed by atoms with Gasteiger partial charge in [0.2, 0.25) is 0 Å². The first kappa shape index (κ1) is 18.4. The van der Waals surface area contributed by atoms with Gasteiger partial charge in [-0.25, -0.2) is 4.98 Å². The summed E-state index contributed by atoms with van der Waals surface area (Å²) in [5.41, 5.74) is 3.52. The Morgan fingerprint density at radius 3 is 2.59 bits per heavy atom. The molecule has 0 bridgehead atoms. The van der Waals surface area contributed by atoms with Gasteiger partial charge in [-0.1, -0.05) is 47.7 Å². The van der Waals surface area contributed by atoms with Crippen LogP contribution in [0.15, 0.2) is 52.3 Å². The maximum atomic E-state index is 4.80. The zero-order chi connectivity index (χ0) is 18.8. The van der Waals surface area contributed by atoms with E-state index in [4.69, 9.17) is 4.98 Å². The van der Waals surface area contributed by atoms with Crippen LogP contribution in [0.5, 0.6) is 0 Å². The minimum atomic E-state index is 0.304. The Morgan fingerprint density at radius 2 is 1.89 bits per heavy atom. The van der Waals surface area contributed by atoms with Crippen LogP contribution in [0.2, 0.25) is 0 Å². The summed E-state index contributed by atoms with van der Waals surface area (Å²) < 4.78 is 2.21. The Morgan fingerprint density at radius 1 is 1.07 bits per heavy atom. The van der Waals surface area contributed by atoms with E-state index in [0.29, 0.717) is 6.04 Å².